The predicted octanol–water partition coefficient (Wildman–Crippen LogP) is 3.90. The van der Waals surface area contributed by atoms with Crippen molar-refractivity contribution in [2.75, 3.05) is 12.4 Å². The molecule has 1 N–H and O–H groups in total. The molecule has 0 aromatic heterocycles. The minimum atomic E-state index is -0.274. The van der Waals surface area contributed by atoms with Crippen molar-refractivity contribution >= 4 is 27.6 Å². The third kappa shape index (κ3) is 4.69. The molecule has 0 aliphatic carbocycles. The predicted molar refractivity (Wildman–Crippen MR) is 77.8 cm³/mol. The van der Waals surface area contributed by atoms with E-state index in [1.165, 1.54) is 7.11 Å². The average Bonchev–Trinajstić information content (AvgIpc) is 2.32. The third-order valence-electron chi connectivity index (χ3n) is 2.72. The number of nitrogens with one attached hydrogen (secondary N) is 1. The van der Waals surface area contributed by atoms with Gasteiger partial charge in [-0.1, -0.05) is 35.7 Å². The summed E-state index contributed by atoms with van der Waals surface area (Å²) >= 11 is 3.45. The van der Waals surface area contributed by atoms with Gasteiger partial charge in [0.1, 0.15) is 6.04 Å². The number of unbranched alkanes of at least 4 members (excludes halogenated alkanes) is 1. The zero-order valence-electron chi connectivity index (χ0n) is 11.1. The normalized spacial score (nSPS) is 12.0. The number of rotatable bonds is 6. The molecule has 0 heterocycles. The van der Waals surface area contributed by atoms with Crippen LogP contribution in [0.3, 0.4) is 0 Å². The number of halogens is 1. The van der Waals surface area contributed by atoms with E-state index in [0.29, 0.717) is 0 Å². The van der Waals surface area contributed by atoms with Crippen LogP contribution in [0.15, 0.2) is 22.7 Å². The summed E-state index contributed by atoms with van der Waals surface area (Å²) in [5.74, 6) is -0.207. The van der Waals surface area contributed by atoms with E-state index in [2.05, 4.69) is 28.2 Å². The highest BCUT2D eigenvalue weighted by Gasteiger charge is 2.18. The lowest BCUT2D eigenvalue weighted by Gasteiger charge is -2.18. The molecule has 0 aliphatic heterocycles. The lowest BCUT2D eigenvalue weighted by molar-refractivity contribution is -0.141. The summed E-state index contributed by atoms with van der Waals surface area (Å²) in [6.07, 6.45) is 2.85. The minimum Gasteiger partial charge on any atom is -0.467 e. The fraction of sp³-hybridized carbons (Fsp3) is 0.500. The first-order valence-corrected chi connectivity index (χ1v) is 6.97. The van der Waals surface area contributed by atoms with Crippen molar-refractivity contribution in [2.24, 2.45) is 0 Å². The first-order chi connectivity index (χ1) is 8.56. The molecule has 18 heavy (non-hydrogen) atoms. The topological polar surface area (TPSA) is 38.3 Å². The molecule has 0 fully saturated rings. The molecule has 1 unspecified atom stereocenters. The maximum absolute atomic E-state index is 11.7. The fourth-order valence-corrected chi connectivity index (χ4v) is 2.43. The van der Waals surface area contributed by atoms with Crippen LogP contribution in [0.25, 0.3) is 0 Å². The molecule has 0 saturated heterocycles. The van der Waals surface area contributed by atoms with Crippen LogP contribution in [0.1, 0.15) is 31.7 Å². The minimum absolute atomic E-state index is 0.207. The van der Waals surface area contributed by atoms with Gasteiger partial charge in [0, 0.05) is 10.2 Å². The van der Waals surface area contributed by atoms with Gasteiger partial charge in [-0.2, -0.15) is 0 Å². The molecule has 0 radical (unpaired) electrons. The Balaban J connectivity index is 2.78. The number of hydrogen-bond donors (Lipinski definition) is 1. The van der Waals surface area contributed by atoms with Gasteiger partial charge >= 0.3 is 5.97 Å². The molecule has 1 atom stereocenters. The monoisotopic (exact) mass is 313 g/mol. The number of anilines is 1. The number of esters is 1. The second-order valence-corrected chi connectivity index (χ2v) is 5.30. The fourth-order valence-electron chi connectivity index (χ4n) is 1.82. The number of methoxy groups -OCH3 is 1. The Labute approximate surface area is 117 Å². The van der Waals surface area contributed by atoms with Crippen molar-refractivity contribution < 1.29 is 9.53 Å². The van der Waals surface area contributed by atoms with Crippen molar-refractivity contribution in [2.45, 2.75) is 39.2 Å². The largest absolute Gasteiger partial charge is 0.467 e. The van der Waals surface area contributed by atoms with Crippen molar-refractivity contribution in [1.82, 2.24) is 0 Å². The Morgan fingerprint density at radius 1 is 1.44 bits per heavy atom. The lowest BCUT2D eigenvalue weighted by atomic mass is 10.1. The van der Waals surface area contributed by atoms with Gasteiger partial charge in [-0.05, 0) is 37.1 Å². The lowest BCUT2D eigenvalue weighted by Crippen LogP contribution is -2.30. The van der Waals surface area contributed by atoms with Crippen LogP contribution >= 0.6 is 15.9 Å². The van der Waals surface area contributed by atoms with Gasteiger partial charge < -0.3 is 10.1 Å². The summed E-state index contributed by atoms with van der Waals surface area (Å²) in [6, 6.07) is 5.75. The molecule has 0 saturated carbocycles. The molecule has 0 bridgehead atoms. The summed E-state index contributed by atoms with van der Waals surface area (Å²) in [7, 11) is 1.43. The Hall–Kier alpha value is -1.03. The highest BCUT2D eigenvalue weighted by atomic mass is 79.9. The van der Waals surface area contributed by atoms with E-state index < -0.39 is 0 Å². The number of carbonyl (C=O) groups is 1. The van der Waals surface area contributed by atoms with Gasteiger partial charge in [-0.15, -0.1) is 0 Å². The number of ether oxygens (including phenoxy) is 1. The van der Waals surface area contributed by atoms with Gasteiger partial charge in [0.2, 0.25) is 0 Å². The number of hydrogen-bond acceptors (Lipinski definition) is 3. The summed E-state index contributed by atoms with van der Waals surface area (Å²) in [6.45, 7) is 4.13. The molecule has 0 amide bonds. The second-order valence-electron chi connectivity index (χ2n) is 4.38. The summed E-state index contributed by atoms with van der Waals surface area (Å²) < 4.78 is 5.83. The van der Waals surface area contributed by atoms with E-state index >= 15 is 0 Å². The quantitative estimate of drug-likeness (QED) is 0.809. The van der Waals surface area contributed by atoms with Crippen LogP contribution in [0.2, 0.25) is 0 Å². The number of carbonyl (C=O) groups excluding carboxylic acids is 1. The van der Waals surface area contributed by atoms with E-state index in [0.717, 1.165) is 35.0 Å². The summed E-state index contributed by atoms with van der Waals surface area (Å²) in [4.78, 5) is 11.7. The van der Waals surface area contributed by atoms with Gasteiger partial charge in [0.05, 0.1) is 7.11 Å². The Morgan fingerprint density at radius 3 is 2.72 bits per heavy atom. The molecule has 3 nitrogen and oxygen atoms in total. The Kier molecular flexibility index (Phi) is 6.19. The van der Waals surface area contributed by atoms with E-state index in [1.807, 2.05) is 25.1 Å². The van der Waals surface area contributed by atoms with Crippen molar-refractivity contribution in [1.29, 1.82) is 0 Å². The summed E-state index contributed by atoms with van der Waals surface area (Å²) in [5.41, 5.74) is 2.08. The van der Waals surface area contributed by atoms with Gasteiger partial charge in [0.25, 0.3) is 0 Å². The van der Waals surface area contributed by atoms with Crippen LogP contribution in [-0.4, -0.2) is 19.1 Å². The molecule has 1 rings (SSSR count). The van der Waals surface area contributed by atoms with Crippen molar-refractivity contribution in [3.05, 3.63) is 28.2 Å². The van der Waals surface area contributed by atoms with Gasteiger partial charge in [-0.25, -0.2) is 4.79 Å². The zero-order valence-corrected chi connectivity index (χ0v) is 12.7. The summed E-state index contributed by atoms with van der Waals surface area (Å²) in [5, 5.41) is 3.24. The highest BCUT2D eigenvalue weighted by molar-refractivity contribution is 9.10. The maximum atomic E-state index is 11.7. The van der Waals surface area contributed by atoms with E-state index in [-0.39, 0.29) is 12.0 Å². The number of aryl methyl sites for hydroxylation is 1. The molecule has 100 valence electrons. The average molecular weight is 314 g/mol. The van der Waals surface area contributed by atoms with E-state index in [4.69, 9.17) is 4.74 Å². The van der Waals surface area contributed by atoms with Crippen LogP contribution in [-0.2, 0) is 9.53 Å². The van der Waals surface area contributed by atoms with Crippen LogP contribution in [0.5, 0.6) is 0 Å². The third-order valence-corrected chi connectivity index (χ3v) is 3.17. The van der Waals surface area contributed by atoms with Gasteiger partial charge in [-0.3, -0.25) is 0 Å². The molecule has 1 aromatic carbocycles. The first kappa shape index (κ1) is 15.0. The highest BCUT2D eigenvalue weighted by Crippen LogP contribution is 2.21. The van der Waals surface area contributed by atoms with Crippen LogP contribution in [0, 0.1) is 6.92 Å². The number of benzene rings is 1. The molecule has 4 heteroatoms. The SMILES string of the molecule is CCCCC(Nc1cc(C)cc(Br)c1)C(=O)OC. The molecule has 1 aromatic rings. The molecular formula is C14H20BrNO2. The smallest absolute Gasteiger partial charge is 0.328 e. The van der Waals surface area contributed by atoms with E-state index in [9.17, 15) is 4.79 Å². The van der Waals surface area contributed by atoms with Crippen molar-refractivity contribution in [3.63, 3.8) is 0 Å². The van der Waals surface area contributed by atoms with Crippen LogP contribution in [0.4, 0.5) is 5.69 Å². The van der Waals surface area contributed by atoms with Gasteiger partial charge in [0.15, 0.2) is 0 Å². The Morgan fingerprint density at radius 2 is 2.17 bits per heavy atom. The Bertz CT molecular complexity index is 387. The van der Waals surface area contributed by atoms with Crippen molar-refractivity contribution in [3.8, 4) is 0 Å². The molecule has 0 aliphatic rings. The first-order valence-electron chi connectivity index (χ1n) is 6.18. The zero-order chi connectivity index (χ0) is 13.5. The second kappa shape index (κ2) is 7.41. The molecule has 0 spiro atoms. The van der Waals surface area contributed by atoms with E-state index in [1.54, 1.807) is 0 Å². The standard InChI is InChI=1S/C14H20BrNO2/c1-4-5-6-13(14(17)18-3)16-12-8-10(2)7-11(15)9-12/h7-9,13,16H,4-6H2,1-3H3. The van der Waals surface area contributed by atoms with Crippen LogP contribution < -0.4 is 5.32 Å². The maximum Gasteiger partial charge on any atom is 0.328 e. The molecular weight excluding hydrogens is 294 g/mol.